The van der Waals surface area contributed by atoms with E-state index in [1.165, 1.54) is 0 Å². The summed E-state index contributed by atoms with van der Waals surface area (Å²) in [5.41, 5.74) is 0.535. The molecule has 1 aromatic rings. The Labute approximate surface area is 91.7 Å². The van der Waals surface area contributed by atoms with Crippen LogP contribution in [0.25, 0.3) is 0 Å². The van der Waals surface area contributed by atoms with Gasteiger partial charge in [-0.3, -0.25) is 4.79 Å². The van der Waals surface area contributed by atoms with Crippen LogP contribution in [0.1, 0.15) is 17.3 Å². The van der Waals surface area contributed by atoms with Crippen LogP contribution >= 0.6 is 15.9 Å². The van der Waals surface area contributed by atoms with E-state index in [-0.39, 0.29) is 6.10 Å². The molecule has 0 aliphatic heterocycles. The molecule has 0 saturated carbocycles. The van der Waals surface area contributed by atoms with Crippen LogP contribution in [0, 0.1) is 0 Å². The molecule has 0 heterocycles. The molecule has 0 N–H and O–H groups in total. The fraction of sp³-hybridized carbons (Fsp3) is 0.182. The molecule has 0 bridgehead atoms. The number of ether oxygens (including phenoxy) is 1. The number of halogens is 1. The molecule has 0 aromatic heterocycles. The van der Waals surface area contributed by atoms with E-state index in [1.54, 1.807) is 18.2 Å². The van der Waals surface area contributed by atoms with Gasteiger partial charge in [0.05, 0.1) is 5.56 Å². The van der Waals surface area contributed by atoms with E-state index in [9.17, 15) is 4.79 Å². The standard InChI is InChI=1S/C11H11BrO2/c1-3-8(2)14-11-5-4-10(12)6-9(11)7-13/h3-8H,1H2,2H3. The average molecular weight is 255 g/mol. The van der Waals surface area contributed by atoms with Crippen molar-refractivity contribution >= 4 is 22.2 Å². The number of hydrogen-bond acceptors (Lipinski definition) is 2. The lowest BCUT2D eigenvalue weighted by molar-refractivity contribution is 0.111. The van der Waals surface area contributed by atoms with Crippen molar-refractivity contribution < 1.29 is 9.53 Å². The van der Waals surface area contributed by atoms with Gasteiger partial charge >= 0.3 is 0 Å². The third kappa shape index (κ3) is 2.70. The summed E-state index contributed by atoms with van der Waals surface area (Å²) in [5, 5.41) is 0. The maximum atomic E-state index is 10.7. The van der Waals surface area contributed by atoms with Crippen molar-refractivity contribution in [3.05, 3.63) is 40.9 Å². The monoisotopic (exact) mass is 254 g/mol. The second kappa shape index (κ2) is 4.96. The second-order valence-corrected chi connectivity index (χ2v) is 3.77. The molecule has 0 aliphatic carbocycles. The van der Waals surface area contributed by atoms with Crippen LogP contribution in [0.2, 0.25) is 0 Å². The smallest absolute Gasteiger partial charge is 0.153 e. The lowest BCUT2D eigenvalue weighted by Gasteiger charge is -2.12. The topological polar surface area (TPSA) is 26.3 Å². The zero-order chi connectivity index (χ0) is 10.6. The van der Waals surface area contributed by atoms with Gasteiger partial charge in [0.1, 0.15) is 11.9 Å². The fourth-order valence-corrected chi connectivity index (χ4v) is 1.35. The minimum absolute atomic E-state index is 0.102. The van der Waals surface area contributed by atoms with Crippen molar-refractivity contribution in [1.82, 2.24) is 0 Å². The molecule has 3 heteroatoms. The third-order valence-electron chi connectivity index (χ3n) is 1.74. The number of hydrogen-bond donors (Lipinski definition) is 0. The molecule has 0 fully saturated rings. The van der Waals surface area contributed by atoms with E-state index in [0.29, 0.717) is 11.3 Å². The van der Waals surface area contributed by atoms with Crippen LogP contribution in [0.3, 0.4) is 0 Å². The van der Waals surface area contributed by atoms with Gasteiger partial charge in [-0.2, -0.15) is 0 Å². The number of carbonyl (C=O) groups excluding carboxylic acids is 1. The summed E-state index contributed by atoms with van der Waals surface area (Å²) in [6.45, 7) is 5.47. The molecule has 1 aromatic carbocycles. The van der Waals surface area contributed by atoms with Crippen molar-refractivity contribution in [3.63, 3.8) is 0 Å². The number of benzene rings is 1. The predicted octanol–water partition coefficient (Wildman–Crippen LogP) is 3.21. The molecule has 0 radical (unpaired) electrons. The first kappa shape index (κ1) is 11.0. The van der Waals surface area contributed by atoms with Crippen molar-refractivity contribution in [1.29, 1.82) is 0 Å². The number of rotatable bonds is 4. The predicted molar refractivity (Wildman–Crippen MR) is 59.8 cm³/mol. The van der Waals surface area contributed by atoms with Gasteiger partial charge in [0.25, 0.3) is 0 Å². The van der Waals surface area contributed by atoms with Gasteiger partial charge in [-0.15, -0.1) is 0 Å². The SMILES string of the molecule is C=CC(C)Oc1ccc(Br)cc1C=O. The first-order chi connectivity index (χ1) is 6.67. The highest BCUT2D eigenvalue weighted by Gasteiger charge is 2.05. The Kier molecular flexibility index (Phi) is 3.89. The van der Waals surface area contributed by atoms with Crippen LogP contribution in [0.4, 0.5) is 0 Å². The van der Waals surface area contributed by atoms with Gasteiger partial charge in [-0.05, 0) is 25.1 Å². The van der Waals surface area contributed by atoms with Gasteiger partial charge in [0, 0.05) is 4.47 Å². The molecule has 1 atom stereocenters. The third-order valence-corrected chi connectivity index (χ3v) is 2.24. The van der Waals surface area contributed by atoms with Gasteiger partial charge < -0.3 is 4.74 Å². The molecule has 2 nitrogen and oxygen atoms in total. The largest absolute Gasteiger partial charge is 0.486 e. The highest BCUT2D eigenvalue weighted by atomic mass is 79.9. The Morgan fingerprint density at radius 3 is 2.86 bits per heavy atom. The summed E-state index contributed by atoms with van der Waals surface area (Å²) in [6.07, 6.45) is 2.35. The number of aldehydes is 1. The van der Waals surface area contributed by atoms with E-state index in [2.05, 4.69) is 22.5 Å². The van der Waals surface area contributed by atoms with Crippen molar-refractivity contribution in [3.8, 4) is 5.75 Å². The van der Waals surface area contributed by atoms with Crippen LogP contribution in [0.15, 0.2) is 35.3 Å². The Hall–Kier alpha value is -1.09. The first-order valence-electron chi connectivity index (χ1n) is 4.21. The maximum Gasteiger partial charge on any atom is 0.153 e. The molecule has 1 unspecified atom stereocenters. The van der Waals surface area contributed by atoms with E-state index >= 15 is 0 Å². The fourth-order valence-electron chi connectivity index (χ4n) is 0.967. The molecule has 0 amide bonds. The van der Waals surface area contributed by atoms with Crippen LogP contribution in [-0.2, 0) is 0 Å². The normalized spacial score (nSPS) is 11.9. The van der Waals surface area contributed by atoms with Crippen LogP contribution in [0.5, 0.6) is 5.75 Å². The van der Waals surface area contributed by atoms with E-state index in [0.717, 1.165) is 10.8 Å². The zero-order valence-corrected chi connectivity index (χ0v) is 9.45. The van der Waals surface area contributed by atoms with Crippen molar-refractivity contribution in [2.45, 2.75) is 13.0 Å². The van der Waals surface area contributed by atoms with Gasteiger partial charge in [-0.1, -0.05) is 28.6 Å². The summed E-state index contributed by atoms with van der Waals surface area (Å²) >= 11 is 3.29. The molecule has 0 saturated heterocycles. The molecular weight excluding hydrogens is 244 g/mol. The van der Waals surface area contributed by atoms with E-state index in [4.69, 9.17) is 4.74 Å². The summed E-state index contributed by atoms with van der Waals surface area (Å²) < 4.78 is 6.33. The van der Waals surface area contributed by atoms with E-state index < -0.39 is 0 Å². The quantitative estimate of drug-likeness (QED) is 0.610. The summed E-state index contributed by atoms with van der Waals surface area (Å²) in [6, 6.07) is 5.31. The van der Waals surface area contributed by atoms with Crippen LogP contribution < -0.4 is 4.74 Å². The Bertz CT molecular complexity index is 347. The maximum absolute atomic E-state index is 10.7. The van der Waals surface area contributed by atoms with Crippen molar-refractivity contribution in [2.24, 2.45) is 0 Å². The zero-order valence-electron chi connectivity index (χ0n) is 7.87. The highest BCUT2D eigenvalue weighted by molar-refractivity contribution is 9.10. The molecule has 14 heavy (non-hydrogen) atoms. The van der Waals surface area contributed by atoms with Crippen molar-refractivity contribution in [2.75, 3.05) is 0 Å². The Morgan fingerprint density at radius 2 is 2.29 bits per heavy atom. The highest BCUT2D eigenvalue weighted by Crippen LogP contribution is 2.22. The summed E-state index contributed by atoms with van der Waals surface area (Å²) in [7, 11) is 0. The van der Waals surface area contributed by atoms with Gasteiger partial charge in [0.2, 0.25) is 0 Å². The molecule has 1 rings (SSSR count). The van der Waals surface area contributed by atoms with Gasteiger partial charge in [-0.25, -0.2) is 0 Å². The van der Waals surface area contributed by atoms with Gasteiger partial charge in [0.15, 0.2) is 6.29 Å². The Morgan fingerprint density at radius 1 is 1.57 bits per heavy atom. The lowest BCUT2D eigenvalue weighted by atomic mass is 10.2. The minimum Gasteiger partial charge on any atom is -0.486 e. The minimum atomic E-state index is -0.102. The molecule has 0 aliphatic rings. The van der Waals surface area contributed by atoms with Crippen LogP contribution in [-0.4, -0.2) is 12.4 Å². The summed E-state index contributed by atoms with van der Waals surface area (Å²) in [5.74, 6) is 0.579. The Balaban J connectivity index is 2.96. The first-order valence-corrected chi connectivity index (χ1v) is 5.00. The lowest BCUT2D eigenvalue weighted by Crippen LogP contribution is -2.08. The average Bonchev–Trinajstić information content (AvgIpc) is 2.20. The molecule has 0 spiro atoms. The summed E-state index contributed by atoms with van der Waals surface area (Å²) in [4.78, 5) is 10.7. The van der Waals surface area contributed by atoms with E-state index in [1.807, 2.05) is 13.0 Å². The molecular formula is C11H11BrO2. The number of carbonyl (C=O) groups is 1. The molecule has 74 valence electrons. The second-order valence-electron chi connectivity index (χ2n) is 2.86.